The van der Waals surface area contributed by atoms with E-state index in [9.17, 15) is 0 Å². The second kappa shape index (κ2) is 12.3. The molecule has 1 unspecified atom stereocenters. The van der Waals surface area contributed by atoms with Crippen molar-refractivity contribution in [2.24, 2.45) is 0 Å². The summed E-state index contributed by atoms with van der Waals surface area (Å²) >= 11 is 0. The summed E-state index contributed by atoms with van der Waals surface area (Å²) in [6, 6.07) is 43.3. The van der Waals surface area contributed by atoms with E-state index in [0.717, 1.165) is 64.1 Å². The van der Waals surface area contributed by atoms with E-state index in [0.29, 0.717) is 5.92 Å². The highest BCUT2D eigenvalue weighted by Gasteiger charge is 2.17. The molecule has 4 heteroatoms. The number of fused-ring (bicyclic) bond motifs is 4. The minimum absolute atomic E-state index is 0.488. The molecular formula is C43H36N4. The van der Waals surface area contributed by atoms with Gasteiger partial charge in [-0.3, -0.25) is 15.0 Å². The molecule has 4 nitrogen and oxygen atoms in total. The number of nitrogens with zero attached hydrogens (tertiary/aromatic N) is 4. The maximum atomic E-state index is 4.91. The normalized spacial score (nSPS) is 12.2. The molecule has 0 aliphatic rings. The van der Waals surface area contributed by atoms with Crippen LogP contribution in [0, 0.1) is 0 Å². The van der Waals surface area contributed by atoms with Gasteiger partial charge in [0.15, 0.2) is 0 Å². The molecule has 0 saturated carbocycles. The van der Waals surface area contributed by atoms with Crippen LogP contribution in [0.2, 0.25) is 0 Å². The third kappa shape index (κ3) is 5.36. The fourth-order valence-corrected chi connectivity index (χ4v) is 6.98. The summed E-state index contributed by atoms with van der Waals surface area (Å²) < 4.78 is 2.37. The first kappa shape index (κ1) is 28.8. The number of hydrogen-bond acceptors (Lipinski definition) is 3. The molecule has 0 N–H and O–H groups in total. The highest BCUT2D eigenvalue weighted by molar-refractivity contribution is 6.07. The second-order valence-corrected chi connectivity index (χ2v) is 12.4. The van der Waals surface area contributed by atoms with E-state index in [1.807, 2.05) is 24.7 Å². The Labute approximate surface area is 275 Å². The molecule has 4 aromatic heterocycles. The molecule has 228 valence electrons. The molecule has 8 aromatic rings. The Morgan fingerprint density at radius 1 is 0.574 bits per heavy atom. The third-order valence-electron chi connectivity index (χ3n) is 9.43. The predicted octanol–water partition coefficient (Wildman–Crippen LogP) is 11.4. The Bertz CT molecular complexity index is 2300. The van der Waals surface area contributed by atoms with Crippen LogP contribution in [-0.2, 0) is 0 Å². The van der Waals surface area contributed by atoms with Gasteiger partial charge in [-0.1, -0.05) is 93.1 Å². The first-order chi connectivity index (χ1) is 23.2. The van der Waals surface area contributed by atoms with Gasteiger partial charge < -0.3 is 4.57 Å². The number of rotatable bonds is 8. The molecule has 0 fully saturated rings. The molecule has 4 heterocycles. The number of para-hydroxylation sites is 1. The summed E-state index contributed by atoms with van der Waals surface area (Å²) in [4.78, 5) is 14.5. The number of aromatic nitrogens is 4. The van der Waals surface area contributed by atoms with Gasteiger partial charge in [0.25, 0.3) is 0 Å². The van der Waals surface area contributed by atoms with Crippen LogP contribution in [0.5, 0.6) is 0 Å². The quantitative estimate of drug-likeness (QED) is 0.172. The Balaban J connectivity index is 1.17. The molecule has 47 heavy (non-hydrogen) atoms. The summed E-state index contributed by atoms with van der Waals surface area (Å²) in [5.41, 5.74) is 12.1. The summed E-state index contributed by atoms with van der Waals surface area (Å²) in [7, 11) is 0. The van der Waals surface area contributed by atoms with Crippen LogP contribution in [0.4, 0.5) is 0 Å². The zero-order valence-corrected chi connectivity index (χ0v) is 26.8. The van der Waals surface area contributed by atoms with E-state index >= 15 is 0 Å². The minimum atomic E-state index is 0.488. The average molecular weight is 609 g/mol. The van der Waals surface area contributed by atoms with Crippen LogP contribution in [0.25, 0.3) is 72.0 Å². The van der Waals surface area contributed by atoms with Crippen molar-refractivity contribution < 1.29 is 0 Å². The monoisotopic (exact) mass is 608 g/mol. The van der Waals surface area contributed by atoms with Crippen LogP contribution >= 0.6 is 0 Å². The highest BCUT2D eigenvalue weighted by Crippen LogP contribution is 2.36. The van der Waals surface area contributed by atoms with E-state index in [1.165, 1.54) is 32.8 Å². The van der Waals surface area contributed by atoms with Gasteiger partial charge in [0, 0.05) is 40.8 Å². The van der Waals surface area contributed by atoms with E-state index in [2.05, 4.69) is 134 Å². The van der Waals surface area contributed by atoms with Gasteiger partial charge in [0.05, 0.1) is 27.9 Å². The molecule has 0 aliphatic carbocycles. The fraction of sp³-hybridized carbons (Fsp3) is 0.140. The lowest BCUT2D eigenvalue weighted by Gasteiger charge is -2.19. The molecule has 0 radical (unpaired) electrons. The van der Waals surface area contributed by atoms with Gasteiger partial charge in [0.2, 0.25) is 0 Å². The van der Waals surface area contributed by atoms with E-state index in [1.54, 1.807) is 0 Å². The van der Waals surface area contributed by atoms with Gasteiger partial charge in [-0.15, -0.1) is 0 Å². The van der Waals surface area contributed by atoms with Crippen LogP contribution in [0.1, 0.15) is 44.6 Å². The SMILES string of the molecule is CCCC(CC)c1cc(-c2ccc(-c3ccc(-c4ccc5ccccc5c4)cn3)nc2)cc(-n2c3ccccc3c3ncccc32)c1. The van der Waals surface area contributed by atoms with Gasteiger partial charge in [-0.05, 0) is 94.8 Å². The zero-order valence-electron chi connectivity index (χ0n) is 26.8. The molecule has 0 bridgehead atoms. The minimum Gasteiger partial charge on any atom is -0.308 e. The molecule has 0 saturated heterocycles. The van der Waals surface area contributed by atoms with Crippen LogP contribution < -0.4 is 0 Å². The summed E-state index contributed by atoms with van der Waals surface area (Å²) in [6.07, 6.45) is 9.24. The predicted molar refractivity (Wildman–Crippen MR) is 196 cm³/mol. The third-order valence-corrected chi connectivity index (χ3v) is 9.43. The van der Waals surface area contributed by atoms with Crippen molar-refractivity contribution in [2.75, 3.05) is 0 Å². The van der Waals surface area contributed by atoms with E-state index in [-0.39, 0.29) is 0 Å². The van der Waals surface area contributed by atoms with Crippen molar-refractivity contribution in [2.45, 2.75) is 39.0 Å². The Kier molecular flexibility index (Phi) is 7.54. The second-order valence-electron chi connectivity index (χ2n) is 12.4. The largest absolute Gasteiger partial charge is 0.308 e. The van der Waals surface area contributed by atoms with Crippen molar-refractivity contribution in [3.63, 3.8) is 0 Å². The molecule has 0 spiro atoms. The van der Waals surface area contributed by atoms with Gasteiger partial charge in [0.1, 0.15) is 0 Å². The van der Waals surface area contributed by atoms with Gasteiger partial charge in [-0.2, -0.15) is 0 Å². The zero-order chi connectivity index (χ0) is 31.7. The van der Waals surface area contributed by atoms with Crippen molar-refractivity contribution in [3.05, 3.63) is 145 Å². The van der Waals surface area contributed by atoms with Crippen molar-refractivity contribution in [1.82, 2.24) is 19.5 Å². The fourth-order valence-electron chi connectivity index (χ4n) is 6.98. The molecule has 1 atom stereocenters. The summed E-state index contributed by atoms with van der Waals surface area (Å²) in [6.45, 7) is 4.57. The maximum absolute atomic E-state index is 4.91. The lowest BCUT2D eigenvalue weighted by molar-refractivity contribution is 0.596. The topological polar surface area (TPSA) is 43.6 Å². The van der Waals surface area contributed by atoms with Crippen LogP contribution in [0.3, 0.4) is 0 Å². The number of benzene rings is 4. The standard InChI is InChI=1S/C43H36N4/c1-3-10-29(4-2)35-24-36(26-37(25-35)47-41-14-8-7-13-38(41)43-42(47)15-9-22-44-43)34-19-21-40(46-28-34)39-20-18-33(27-45-39)32-17-16-30-11-5-6-12-31(30)23-32/h5-9,11-29H,3-4,10H2,1-2H3. The van der Waals surface area contributed by atoms with Crippen molar-refractivity contribution >= 4 is 32.7 Å². The Morgan fingerprint density at radius 3 is 2.02 bits per heavy atom. The van der Waals surface area contributed by atoms with Gasteiger partial charge in [-0.25, -0.2) is 0 Å². The summed E-state index contributed by atoms with van der Waals surface area (Å²) in [5.74, 6) is 0.488. The van der Waals surface area contributed by atoms with E-state index in [4.69, 9.17) is 15.0 Å². The molecule has 0 amide bonds. The molecule has 8 rings (SSSR count). The van der Waals surface area contributed by atoms with E-state index < -0.39 is 0 Å². The number of hydrogen-bond donors (Lipinski definition) is 0. The van der Waals surface area contributed by atoms with Crippen LogP contribution in [0.15, 0.2) is 140 Å². The maximum Gasteiger partial charge on any atom is 0.0963 e. The highest BCUT2D eigenvalue weighted by atomic mass is 15.0. The lowest BCUT2D eigenvalue weighted by atomic mass is 9.89. The lowest BCUT2D eigenvalue weighted by Crippen LogP contribution is -2.02. The molecule has 0 aliphatic heterocycles. The first-order valence-corrected chi connectivity index (χ1v) is 16.6. The first-order valence-electron chi connectivity index (χ1n) is 16.6. The van der Waals surface area contributed by atoms with Gasteiger partial charge >= 0.3 is 0 Å². The average Bonchev–Trinajstić information content (AvgIpc) is 3.48. The molecule has 4 aromatic carbocycles. The van der Waals surface area contributed by atoms with Crippen molar-refractivity contribution in [3.8, 4) is 39.3 Å². The number of pyridine rings is 3. The molecular weight excluding hydrogens is 573 g/mol. The van der Waals surface area contributed by atoms with Crippen molar-refractivity contribution in [1.29, 1.82) is 0 Å². The Morgan fingerprint density at radius 2 is 1.28 bits per heavy atom. The van der Waals surface area contributed by atoms with Crippen LogP contribution in [-0.4, -0.2) is 19.5 Å². The Hall–Kier alpha value is -5.61. The smallest absolute Gasteiger partial charge is 0.0963 e. The summed E-state index contributed by atoms with van der Waals surface area (Å²) in [5, 5.41) is 3.64.